The number of hydrogen-bond donors (Lipinski definition) is 2. The number of benzene rings is 1. The molecule has 21 heavy (non-hydrogen) atoms. The van der Waals surface area contributed by atoms with Crippen molar-refractivity contribution in [1.29, 1.82) is 5.26 Å². The first-order valence-electron chi connectivity index (χ1n) is 7.21. The number of nitrogens with one attached hydrogen (secondary N) is 1. The highest BCUT2D eigenvalue weighted by Gasteiger charge is 2.16. The highest BCUT2D eigenvalue weighted by Crippen LogP contribution is 2.30. The summed E-state index contributed by atoms with van der Waals surface area (Å²) in [5.74, 6) is 0.987. The average molecular weight is 279 g/mol. The summed E-state index contributed by atoms with van der Waals surface area (Å²) in [4.78, 5) is 4.19. The van der Waals surface area contributed by atoms with Crippen molar-refractivity contribution in [2.24, 2.45) is 0 Å². The van der Waals surface area contributed by atoms with Crippen molar-refractivity contribution in [1.82, 2.24) is 4.98 Å². The molecule has 0 bridgehead atoms. The minimum Gasteiger partial charge on any atom is -0.508 e. The van der Waals surface area contributed by atoms with Gasteiger partial charge in [0.05, 0.1) is 0 Å². The summed E-state index contributed by atoms with van der Waals surface area (Å²) in [6.07, 6.45) is 4.50. The Hall–Kier alpha value is -2.54. The molecule has 0 radical (unpaired) electrons. The summed E-state index contributed by atoms with van der Waals surface area (Å²) in [6, 6.07) is 11.1. The number of aromatic hydroxyl groups is 1. The Bertz CT molecular complexity index is 704. The van der Waals surface area contributed by atoms with Gasteiger partial charge in [-0.2, -0.15) is 5.26 Å². The first-order valence-corrected chi connectivity index (χ1v) is 7.21. The monoisotopic (exact) mass is 279 g/mol. The van der Waals surface area contributed by atoms with Crippen LogP contribution in [0.15, 0.2) is 30.3 Å². The third-order valence-electron chi connectivity index (χ3n) is 3.94. The maximum atomic E-state index is 10.1. The molecule has 2 N–H and O–H groups in total. The number of pyridine rings is 1. The molecular formula is C17H17N3O. The number of hydrogen-bond acceptors (Lipinski definition) is 4. The smallest absolute Gasteiger partial charge is 0.142 e. The molecule has 1 aliphatic rings. The van der Waals surface area contributed by atoms with Crippen LogP contribution in [0.3, 0.4) is 0 Å². The van der Waals surface area contributed by atoms with Gasteiger partial charge in [-0.15, -0.1) is 0 Å². The quantitative estimate of drug-likeness (QED) is 0.905. The Balaban J connectivity index is 1.83. The molecule has 1 aromatic carbocycles. The highest BCUT2D eigenvalue weighted by atomic mass is 16.3. The van der Waals surface area contributed by atoms with Crippen LogP contribution in [0, 0.1) is 11.3 Å². The molecule has 4 nitrogen and oxygen atoms in total. The van der Waals surface area contributed by atoms with Gasteiger partial charge >= 0.3 is 0 Å². The maximum Gasteiger partial charge on any atom is 0.142 e. The van der Waals surface area contributed by atoms with Crippen LogP contribution in [0.5, 0.6) is 5.75 Å². The summed E-state index contributed by atoms with van der Waals surface area (Å²) >= 11 is 0. The van der Waals surface area contributed by atoms with Crippen LogP contribution in [0.4, 0.5) is 5.82 Å². The van der Waals surface area contributed by atoms with E-state index in [0.717, 1.165) is 18.4 Å². The molecular weight excluding hydrogens is 262 g/mol. The Morgan fingerprint density at radius 3 is 2.90 bits per heavy atom. The van der Waals surface area contributed by atoms with Crippen LogP contribution in [0.1, 0.15) is 35.2 Å². The van der Waals surface area contributed by atoms with Gasteiger partial charge in [0.25, 0.3) is 0 Å². The van der Waals surface area contributed by atoms with Gasteiger partial charge in [0.1, 0.15) is 23.3 Å². The predicted molar refractivity (Wildman–Crippen MR) is 81.0 cm³/mol. The average Bonchev–Trinajstić information content (AvgIpc) is 2.54. The molecule has 0 spiro atoms. The van der Waals surface area contributed by atoms with Crippen LogP contribution in [0.2, 0.25) is 0 Å². The van der Waals surface area contributed by atoms with E-state index in [9.17, 15) is 5.11 Å². The maximum absolute atomic E-state index is 10.1. The van der Waals surface area contributed by atoms with Crippen molar-refractivity contribution in [2.45, 2.75) is 32.2 Å². The summed E-state index contributed by atoms with van der Waals surface area (Å²) in [6.45, 7) is 0.525. The minimum atomic E-state index is 0.333. The van der Waals surface area contributed by atoms with Gasteiger partial charge < -0.3 is 10.4 Å². The molecule has 0 aliphatic heterocycles. The van der Waals surface area contributed by atoms with Crippen LogP contribution >= 0.6 is 0 Å². The number of rotatable bonds is 3. The van der Waals surface area contributed by atoms with Crippen molar-refractivity contribution in [2.75, 3.05) is 5.32 Å². The molecule has 1 heterocycles. The van der Waals surface area contributed by atoms with E-state index in [0.29, 0.717) is 23.8 Å². The highest BCUT2D eigenvalue weighted by molar-refractivity contribution is 5.48. The zero-order valence-corrected chi connectivity index (χ0v) is 11.8. The molecule has 4 heteroatoms. The normalized spacial score (nSPS) is 13.3. The number of phenolic OH excluding ortho intramolecular Hbond substituents is 1. The Morgan fingerprint density at radius 1 is 1.19 bits per heavy atom. The number of aryl methyl sites for hydroxylation is 1. The van der Waals surface area contributed by atoms with Gasteiger partial charge in [-0.25, -0.2) is 4.98 Å². The molecule has 0 amide bonds. The molecule has 1 aliphatic carbocycles. The topological polar surface area (TPSA) is 68.9 Å². The molecule has 106 valence electrons. The number of nitriles is 1. The second-order valence-electron chi connectivity index (χ2n) is 5.28. The fraction of sp³-hybridized carbons (Fsp3) is 0.294. The van der Waals surface area contributed by atoms with E-state index in [1.807, 2.05) is 18.2 Å². The van der Waals surface area contributed by atoms with Crippen LogP contribution in [-0.2, 0) is 19.4 Å². The lowest BCUT2D eigenvalue weighted by atomic mass is 9.88. The number of fused-ring (bicyclic) bond motifs is 1. The van der Waals surface area contributed by atoms with Gasteiger partial charge in [0.2, 0.25) is 0 Å². The standard InChI is InChI=1S/C17H17N3O/c18-10-13-5-3-7-17(20-13)19-11-15-14-6-2-1-4-12(14)8-9-16(15)21/h3,5,7-9,21H,1-2,4,6,11H2,(H,19,20). The SMILES string of the molecule is N#Cc1cccc(NCc2c(O)ccc3c2CCCC3)n1. The van der Waals surface area contributed by atoms with E-state index >= 15 is 0 Å². The van der Waals surface area contributed by atoms with E-state index in [4.69, 9.17) is 5.26 Å². The van der Waals surface area contributed by atoms with E-state index in [-0.39, 0.29) is 0 Å². The Labute approximate surface area is 124 Å². The van der Waals surface area contributed by atoms with Crippen molar-refractivity contribution >= 4 is 5.82 Å². The molecule has 0 saturated carbocycles. The first-order chi connectivity index (χ1) is 10.3. The zero-order chi connectivity index (χ0) is 14.7. The largest absolute Gasteiger partial charge is 0.508 e. The fourth-order valence-electron chi connectivity index (χ4n) is 2.86. The summed E-state index contributed by atoms with van der Waals surface area (Å²) in [5, 5.41) is 22.2. The molecule has 0 atom stereocenters. The number of aromatic nitrogens is 1. The Kier molecular flexibility index (Phi) is 3.74. The van der Waals surface area contributed by atoms with Gasteiger partial charge in [-0.1, -0.05) is 12.1 Å². The summed E-state index contributed by atoms with van der Waals surface area (Å²) in [5.41, 5.74) is 3.95. The minimum absolute atomic E-state index is 0.333. The molecule has 3 rings (SSSR count). The molecule has 1 aromatic heterocycles. The fourth-order valence-corrected chi connectivity index (χ4v) is 2.86. The van der Waals surface area contributed by atoms with E-state index in [2.05, 4.69) is 10.3 Å². The number of phenols is 1. The third-order valence-corrected chi connectivity index (χ3v) is 3.94. The van der Waals surface area contributed by atoms with E-state index < -0.39 is 0 Å². The first kappa shape index (κ1) is 13.4. The van der Waals surface area contributed by atoms with Crippen molar-refractivity contribution in [3.8, 4) is 11.8 Å². The van der Waals surface area contributed by atoms with Gasteiger partial charge in [0.15, 0.2) is 0 Å². The van der Waals surface area contributed by atoms with Crippen molar-refractivity contribution < 1.29 is 5.11 Å². The van der Waals surface area contributed by atoms with Crippen LogP contribution < -0.4 is 5.32 Å². The number of anilines is 1. The van der Waals surface area contributed by atoms with Crippen molar-refractivity contribution in [3.05, 3.63) is 52.7 Å². The zero-order valence-electron chi connectivity index (χ0n) is 11.8. The summed E-state index contributed by atoms with van der Waals surface area (Å²) in [7, 11) is 0. The lowest BCUT2D eigenvalue weighted by Crippen LogP contribution is -2.10. The predicted octanol–water partition coefficient (Wildman–Crippen LogP) is 3.15. The molecule has 0 saturated heterocycles. The van der Waals surface area contributed by atoms with Gasteiger partial charge in [0, 0.05) is 12.1 Å². The molecule has 0 fully saturated rings. The van der Waals surface area contributed by atoms with Crippen LogP contribution in [0.25, 0.3) is 0 Å². The summed E-state index contributed by atoms with van der Waals surface area (Å²) < 4.78 is 0. The van der Waals surface area contributed by atoms with Crippen LogP contribution in [-0.4, -0.2) is 10.1 Å². The second-order valence-corrected chi connectivity index (χ2v) is 5.28. The van der Waals surface area contributed by atoms with E-state index in [1.165, 1.54) is 24.0 Å². The third kappa shape index (κ3) is 2.82. The Morgan fingerprint density at radius 2 is 2.05 bits per heavy atom. The lowest BCUT2D eigenvalue weighted by molar-refractivity contribution is 0.466. The van der Waals surface area contributed by atoms with E-state index in [1.54, 1.807) is 18.2 Å². The second kappa shape index (κ2) is 5.84. The lowest BCUT2D eigenvalue weighted by Gasteiger charge is -2.20. The van der Waals surface area contributed by atoms with Crippen molar-refractivity contribution in [3.63, 3.8) is 0 Å². The van der Waals surface area contributed by atoms with Gasteiger partial charge in [-0.05, 0) is 55.0 Å². The molecule has 0 unspecified atom stereocenters. The molecule has 2 aromatic rings. The number of nitrogens with zero attached hydrogens (tertiary/aromatic N) is 2. The van der Waals surface area contributed by atoms with Gasteiger partial charge in [-0.3, -0.25) is 0 Å².